The van der Waals surface area contributed by atoms with Gasteiger partial charge in [0.15, 0.2) is 0 Å². The van der Waals surface area contributed by atoms with Gasteiger partial charge in [0.1, 0.15) is 17.6 Å². The van der Waals surface area contributed by atoms with Crippen molar-refractivity contribution in [1.82, 2.24) is 4.98 Å². The number of thioether (sulfide) groups is 1. The van der Waals surface area contributed by atoms with Crippen LogP contribution in [0.5, 0.6) is 0 Å². The summed E-state index contributed by atoms with van der Waals surface area (Å²) < 4.78 is 13.5. The van der Waals surface area contributed by atoms with Crippen LogP contribution in [-0.2, 0) is 11.2 Å². The fourth-order valence-electron chi connectivity index (χ4n) is 4.40. The second-order valence-corrected chi connectivity index (χ2v) is 9.04. The van der Waals surface area contributed by atoms with Crippen molar-refractivity contribution in [1.29, 1.82) is 0 Å². The van der Waals surface area contributed by atoms with Crippen LogP contribution in [-0.4, -0.2) is 27.6 Å². The van der Waals surface area contributed by atoms with Gasteiger partial charge in [-0.1, -0.05) is 35.9 Å². The van der Waals surface area contributed by atoms with Gasteiger partial charge in [0.05, 0.1) is 5.04 Å². The summed E-state index contributed by atoms with van der Waals surface area (Å²) in [6.45, 7) is 2.17. The van der Waals surface area contributed by atoms with Crippen molar-refractivity contribution in [3.63, 3.8) is 0 Å². The van der Waals surface area contributed by atoms with Crippen molar-refractivity contribution < 1.29 is 9.18 Å². The molecule has 0 spiro atoms. The van der Waals surface area contributed by atoms with Crippen LogP contribution >= 0.6 is 11.8 Å². The topological polar surface area (TPSA) is 45.2 Å². The maximum atomic E-state index is 13.5. The lowest BCUT2D eigenvalue weighted by atomic mass is 9.93. The van der Waals surface area contributed by atoms with Gasteiger partial charge in [-0.25, -0.2) is 4.39 Å². The largest absolute Gasteiger partial charge is 0.358 e. The fraction of sp³-hybridized carbons (Fsp3) is 0.250. The average Bonchev–Trinajstić information content (AvgIpc) is 3.38. The van der Waals surface area contributed by atoms with Crippen molar-refractivity contribution in [2.45, 2.75) is 31.2 Å². The molecule has 2 aromatic carbocycles. The van der Waals surface area contributed by atoms with Gasteiger partial charge in [-0.3, -0.25) is 4.99 Å². The molecule has 0 amide bonds. The van der Waals surface area contributed by atoms with Crippen LogP contribution in [0, 0.1) is 5.82 Å². The minimum absolute atomic E-state index is 0.270. The molecule has 2 atom stereocenters. The number of fused-ring (bicyclic) bond motifs is 2. The first-order valence-corrected chi connectivity index (χ1v) is 10.8. The monoisotopic (exact) mass is 404 g/mol. The first-order valence-electron chi connectivity index (χ1n) is 9.77. The normalized spacial score (nSPS) is 23.2. The summed E-state index contributed by atoms with van der Waals surface area (Å²) in [4.78, 5) is 20.2. The molecular formula is C24H21FN2OS. The van der Waals surface area contributed by atoms with Crippen LogP contribution in [0.4, 0.5) is 4.39 Å². The number of benzene rings is 2. The van der Waals surface area contributed by atoms with E-state index in [1.54, 1.807) is 17.8 Å². The summed E-state index contributed by atoms with van der Waals surface area (Å²) in [5.41, 5.74) is 4.87. The van der Waals surface area contributed by atoms with Crippen LogP contribution in [0.2, 0.25) is 0 Å². The van der Waals surface area contributed by atoms with E-state index in [0.29, 0.717) is 18.1 Å². The predicted molar refractivity (Wildman–Crippen MR) is 118 cm³/mol. The average molecular weight is 405 g/mol. The molecule has 2 heterocycles. The van der Waals surface area contributed by atoms with Crippen LogP contribution < -0.4 is 0 Å². The third-order valence-corrected chi connectivity index (χ3v) is 7.11. The number of nitrogens with zero attached hydrogens (tertiary/aromatic N) is 1. The molecule has 0 radical (unpaired) electrons. The number of carbonyl (C=O) groups excluding carboxylic acids is 1. The number of aldehydes is 1. The highest BCUT2D eigenvalue weighted by atomic mass is 32.2. The molecule has 1 aliphatic heterocycles. The van der Waals surface area contributed by atoms with Crippen LogP contribution in [0.25, 0.3) is 17.0 Å². The number of H-pyrrole nitrogens is 1. The Morgan fingerprint density at radius 3 is 3.00 bits per heavy atom. The number of nitrogens with one attached hydrogen (secondary N) is 1. The number of hydrogen-bond acceptors (Lipinski definition) is 3. The first kappa shape index (κ1) is 18.4. The van der Waals surface area contributed by atoms with E-state index in [4.69, 9.17) is 4.99 Å². The summed E-state index contributed by atoms with van der Waals surface area (Å²) in [7, 11) is 0. The summed E-state index contributed by atoms with van der Waals surface area (Å²) in [5.74, 6) is 0.705. The Balaban J connectivity index is 1.39. The van der Waals surface area contributed by atoms with E-state index in [2.05, 4.69) is 42.2 Å². The van der Waals surface area contributed by atoms with Crippen molar-refractivity contribution in [2.24, 2.45) is 4.99 Å². The van der Waals surface area contributed by atoms with Crippen molar-refractivity contribution in [2.75, 3.05) is 5.75 Å². The Morgan fingerprint density at radius 1 is 1.28 bits per heavy atom. The quantitative estimate of drug-likeness (QED) is 0.569. The van der Waals surface area contributed by atoms with E-state index in [1.165, 1.54) is 28.8 Å². The molecular weight excluding hydrogens is 383 g/mol. The molecule has 146 valence electrons. The molecule has 3 nitrogen and oxygen atoms in total. The second-order valence-electron chi connectivity index (χ2n) is 7.99. The zero-order valence-electron chi connectivity index (χ0n) is 16.1. The van der Waals surface area contributed by atoms with Gasteiger partial charge >= 0.3 is 0 Å². The molecule has 1 aliphatic carbocycles. The summed E-state index contributed by atoms with van der Waals surface area (Å²) >= 11 is 1.68. The zero-order valence-corrected chi connectivity index (χ0v) is 16.9. The zero-order chi connectivity index (χ0) is 20.0. The van der Waals surface area contributed by atoms with E-state index in [9.17, 15) is 9.18 Å². The molecule has 0 bridgehead atoms. The van der Waals surface area contributed by atoms with Gasteiger partial charge in [-0.15, -0.1) is 11.8 Å². The first-order chi connectivity index (χ1) is 14.0. The van der Waals surface area contributed by atoms with Crippen LogP contribution in [0.3, 0.4) is 0 Å². The molecule has 5 heteroatoms. The van der Waals surface area contributed by atoms with Crippen molar-refractivity contribution in [3.8, 4) is 0 Å². The Morgan fingerprint density at radius 2 is 2.14 bits per heavy atom. The number of aromatic nitrogens is 1. The second kappa shape index (κ2) is 6.99. The van der Waals surface area contributed by atoms with Crippen molar-refractivity contribution in [3.05, 3.63) is 76.7 Å². The minimum Gasteiger partial charge on any atom is -0.358 e. The van der Waals surface area contributed by atoms with Gasteiger partial charge in [-0.2, -0.15) is 0 Å². The van der Waals surface area contributed by atoms with E-state index in [-0.39, 0.29) is 5.82 Å². The molecule has 0 saturated heterocycles. The third-order valence-electron chi connectivity index (χ3n) is 5.88. The van der Waals surface area contributed by atoms with E-state index >= 15 is 0 Å². The lowest BCUT2D eigenvalue weighted by Crippen LogP contribution is -2.32. The Kier molecular flexibility index (Phi) is 4.43. The highest BCUT2D eigenvalue weighted by Crippen LogP contribution is 2.41. The molecule has 0 saturated carbocycles. The minimum atomic E-state index is -0.755. The molecule has 29 heavy (non-hydrogen) atoms. The standard InChI is InChI=1S/C24H21FN2OS/c1-15-8-16-4-2-3-5-20(16)21(15)11-23-27-24(13-28,14-29-23)12-19-9-17-6-7-18(25)10-22(17)26-19/h2-10,13,21,26H,11-12,14H2,1H3. The third kappa shape index (κ3) is 3.33. The van der Waals surface area contributed by atoms with Gasteiger partial charge in [0, 0.05) is 35.7 Å². The Labute approximate surface area is 173 Å². The molecule has 3 aromatic rings. The highest BCUT2D eigenvalue weighted by Gasteiger charge is 2.37. The van der Waals surface area contributed by atoms with E-state index in [1.807, 2.05) is 6.07 Å². The SMILES string of the molecule is CC1=Cc2ccccc2C1CC1=NC(C=O)(Cc2cc3ccc(F)cc3[nH]2)CS1. The smallest absolute Gasteiger partial charge is 0.148 e. The van der Waals surface area contributed by atoms with Gasteiger partial charge in [-0.05, 0) is 47.7 Å². The number of hydrogen-bond donors (Lipinski definition) is 1. The Hall–Kier alpha value is -2.66. The van der Waals surface area contributed by atoms with Gasteiger partial charge in [0.25, 0.3) is 0 Å². The fourth-order valence-corrected chi connectivity index (χ4v) is 5.58. The lowest BCUT2D eigenvalue weighted by Gasteiger charge is -2.17. The highest BCUT2D eigenvalue weighted by molar-refractivity contribution is 8.14. The lowest BCUT2D eigenvalue weighted by molar-refractivity contribution is -0.111. The van der Waals surface area contributed by atoms with E-state index in [0.717, 1.165) is 34.3 Å². The molecule has 1 N–H and O–H groups in total. The molecule has 2 aliphatic rings. The van der Waals surface area contributed by atoms with Gasteiger partial charge < -0.3 is 9.78 Å². The molecule has 0 fully saturated rings. The number of rotatable bonds is 5. The maximum Gasteiger partial charge on any atom is 0.148 e. The number of carbonyl (C=O) groups is 1. The molecule has 5 rings (SSSR count). The van der Waals surface area contributed by atoms with Crippen molar-refractivity contribution >= 4 is 40.1 Å². The number of aromatic amines is 1. The predicted octanol–water partition coefficient (Wildman–Crippen LogP) is 5.52. The molecule has 1 aromatic heterocycles. The van der Waals surface area contributed by atoms with Crippen LogP contribution in [0.1, 0.15) is 36.1 Å². The number of halogens is 1. The summed E-state index contributed by atoms with van der Waals surface area (Å²) in [5, 5.41) is 1.98. The van der Waals surface area contributed by atoms with Crippen LogP contribution in [0.15, 0.2) is 59.1 Å². The number of allylic oxidation sites excluding steroid dienone is 1. The Bertz CT molecular complexity index is 1180. The summed E-state index contributed by atoms with van der Waals surface area (Å²) in [6.07, 6.45) is 4.55. The number of aliphatic imine (C=N–C) groups is 1. The van der Waals surface area contributed by atoms with E-state index < -0.39 is 5.54 Å². The maximum absolute atomic E-state index is 13.5. The molecule has 2 unspecified atom stereocenters. The van der Waals surface area contributed by atoms with Gasteiger partial charge in [0.2, 0.25) is 0 Å². The summed E-state index contributed by atoms with van der Waals surface area (Å²) in [6, 6.07) is 15.2.